The molecule has 26 heavy (non-hydrogen) atoms. The average molecular weight is 365 g/mol. The van der Waals surface area contributed by atoms with Gasteiger partial charge in [-0.3, -0.25) is 4.79 Å². The van der Waals surface area contributed by atoms with Gasteiger partial charge in [-0.15, -0.1) is 0 Å². The monoisotopic (exact) mass is 364 g/mol. The SMILES string of the molecule is CC1Cc2ccccc2N1c1nccc(C(=O)Nc2ccc(Cl)cc2)n1. The highest BCUT2D eigenvalue weighted by atomic mass is 35.5. The van der Waals surface area contributed by atoms with Crippen LogP contribution in [0.15, 0.2) is 60.8 Å². The zero-order valence-electron chi connectivity index (χ0n) is 14.2. The molecule has 2 aromatic carbocycles. The van der Waals surface area contributed by atoms with Gasteiger partial charge in [0.15, 0.2) is 0 Å². The van der Waals surface area contributed by atoms with Gasteiger partial charge in [0.05, 0.1) is 0 Å². The molecule has 0 saturated carbocycles. The first-order valence-electron chi connectivity index (χ1n) is 8.39. The van der Waals surface area contributed by atoms with Crippen LogP contribution < -0.4 is 10.2 Å². The summed E-state index contributed by atoms with van der Waals surface area (Å²) in [7, 11) is 0. The molecule has 0 saturated heterocycles. The van der Waals surface area contributed by atoms with Crippen molar-refractivity contribution in [2.45, 2.75) is 19.4 Å². The molecule has 5 nitrogen and oxygen atoms in total. The molecular formula is C20H17ClN4O. The summed E-state index contributed by atoms with van der Waals surface area (Å²) in [5, 5.41) is 3.45. The van der Waals surface area contributed by atoms with Gasteiger partial charge in [0.2, 0.25) is 5.95 Å². The minimum Gasteiger partial charge on any atom is -0.321 e. The second kappa shape index (κ2) is 6.77. The van der Waals surface area contributed by atoms with Crippen LogP contribution in [0.4, 0.5) is 17.3 Å². The number of para-hydroxylation sites is 1. The third-order valence-electron chi connectivity index (χ3n) is 4.40. The van der Waals surface area contributed by atoms with Gasteiger partial charge in [0.1, 0.15) is 5.69 Å². The smallest absolute Gasteiger partial charge is 0.274 e. The number of halogens is 1. The standard InChI is InChI=1S/C20H17ClN4O/c1-13-12-14-4-2-3-5-18(14)25(13)20-22-11-10-17(24-20)19(26)23-16-8-6-15(21)7-9-16/h2-11,13H,12H2,1H3,(H,23,26). The lowest BCUT2D eigenvalue weighted by Gasteiger charge is -2.22. The van der Waals surface area contributed by atoms with Crippen molar-refractivity contribution in [3.8, 4) is 0 Å². The summed E-state index contributed by atoms with van der Waals surface area (Å²) < 4.78 is 0. The Labute approximate surface area is 156 Å². The highest BCUT2D eigenvalue weighted by Crippen LogP contribution is 2.36. The lowest BCUT2D eigenvalue weighted by Crippen LogP contribution is -2.26. The zero-order chi connectivity index (χ0) is 18.1. The number of carbonyl (C=O) groups is 1. The molecule has 1 aliphatic rings. The molecule has 4 rings (SSSR count). The molecule has 1 aliphatic heterocycles. The second-order valence-corrected chi connectivity index (χ2v) is 6.69. The molecule has 130 valence electrons. The van der Waals surface area contributed by atoms with E-state index in [4.69, 9.17) is 11.6 Å². The van der Waals surface area contributed by atoms with Crippen molar-refractivity contribution in [3.05, 3.63) is 77.1 Å². The van der Waals surface area contributed by atoms with Crippen LogP contribution in [0.3, 0.4) is 0 Å². The number of carbonyl (C=O) groups excluding carboxylic acids is 1. The molecular weight excluding hydrogens is 348 g/mol. The summed E-state index contributed by atoms with van der Waals surface area (Å²) >= 11 is 5.87. The molecule has 6 heteroatoms. The fourth-order valence-corrected chi connectivity index (χ4v) is 3.32. The number of nitrogens with zero attached hydrogens (tertiary/aromatic N) is 3. The van der Waals surface area contributed by atoms with Gasteiger partial charge in [-0.1, -0.05) is 29.8 Å². The van der Waals surface area contributed by atoms with E-state index >= 15 is 0 Å². The highest BCUT2D eigenvalue weighted by molar-refractivity contribution is 6.30. The van der Waals surface area contributed by atoms with Crippen molar-refractivity contribution in [3.63, 3.8) is 0 Å². The second-order valence-electron chi connectivity index (χ2n) is 6.25. The van der Waals surface area contributed by atoms with Gasteiger partial charge in [-0.05, 0) is 55.3 Å². The molecule has 1 N–H and O–H groups in total. The van der Waals surface area contributed by atoms with Crippen molar-refractivity contribution >= 4 is 34.8 Å². The largest absolute Gasteiger partial charge is 0.321 e. The predicted molar refractivity (Wildman–Crippen MR) is 103 cm³/mol. The zero-order valence-corrected chi connectivity index (χ0v) is 14.9. The fraction of sp³-hybridized carbons (Fsp3) is 0.150. The van der Waals surface area contributed by atoms with Crippen molar-refractivity contribution < 1.29 is 4.79 Å². The number of aromatic nitrogens is 2. The summed E-state index contributed by atoms with van der Waals surface area (Å²) in [6.45, 7) is 2.13. The molecule has 1 atom stereocenters. The van der Waals surface area contributed by atoms with Crippen molar-refractivity contribution in [1.29, 1.82) is 0 Å². The first kappa shape index (κ1) is 16.5. The molecule has 2 heterocycles. The molecule has 1 unspecified atom stereocenters. The Hall–Kier alpha value is -2.92. The maximum atomic E-state index is 12.5. The van der Waals surface area contributed by atoms with E-state index in [1.54, 1.807) is 36.5 Å². The van der Waals surface area contributed by atoms with E-state index in [0.29, 0.717) is 22.4 Å². The lowest BCUT2D eigenvalue weighted by molar-refractivity contribution is 0.102. The summed E-state index contributed by atoms with van der Waals surface area (Å²) in [6.07, 6.45) is 2.55. The number of benzene rings is 2. The average Bonchev–Trinajstić information content (AvgIpc) is 2.99. The Morgan fingerprint density at radius 3 is 2.73 bits per heavy atom. The summed E-state index contributed by atoms with van der Waals surface area (Å²) in [4.78, 5) is 23.5. The van der Waals surface area contributed by atoms with Gasteiger partial charge in [0, 0.05) is 28.6 Å². The van der Waals surface area contributed by atoms with E-state index < -0.39 is 0 Å². The van der Waals surface area contributed by atoms with Gasteiger partial charge >= 0.3 is 0 Å². The van der Waals surface area contributed by atoms with E-state index in [-0.39, 0.29) is 11.9 Å². The Balaban J connectivity index is 1.61. The molecule has 1 aromatic heterocycles. The molecule has 0 spiro atoms. The molecule has 3 aromatic rings. The van der Waals surface area contributed by atoms with E-state index in [1.165, 1.54) is 5.56 Å². The molecule has 1 amide bonds. The summed E-state index contributed by atoms with van der Waals surface area (Å²) in [6, 6.07) is 17.0. The van der Waals surface area contributed by atoms with Crippen LogP contribution in [0.25, 0.3) is 0 Å². The van der Waals surface area contributed by atoms with Crippen LogP contribution in [0, 0.1) is 0 Å². The van der Waals surface area contributed by atoms with Crippen LogP contribution in [0.1, 0.15) is 23.0 Å². The Morgan fingerprint density at radius 2 is 1.92 bits per heavy atom. The number of amides is 1. The van der Waals surface area contributed by atoms with E-state index in [9.17, 15) is 4.79 Å². The van der Waals surface area contributed by atoms with Gasteiger partial charge in [-0.25, -0.2) is 9.97 Å². The number of fused-ring (bicyclic) bond motifs is 1. The summed E-state index contributed by atoms with van der Waals surface area (Å²) in [5.74, 6) is 0.252. The van der Waals surface area contributed by atoms with Crippen LogP contribution >= 0.6 is 11.6 Å². The Kier molecular flexibility index (Phi) is 4.31. The molecule has 0 radical (unpaired) electrons. The maximum Gasteiger partial charge on any atom is 0.274 e. The minimum absolute atomic E-state index is 0.238. The first-order valence-corrected chi connectivity index (χ1v) is 8.77. The third kappa shape index (κ3) is 3.13. The quantitative estimate of drug-likeness (QED) is 0.745. The maximum absolute atomic E-state index is 12.5. The molecule has 0 bridgehead atoms. The van der Waals surface area contributed by atoms with Crippen LogP contribution in [-0.2, 0) is 6.42 Å². The Bertz CT molecular complexity index is 958. The minimum atomic E-state index is -0.281. The van der Waals surface area contributed by atoms with E-state index in [2.05, 4.69) is 39.2 Å². The van der Waals surface area contributed by atoms with E-state index in [1.807, 2.05) is 12.1 Å². The lowest BCUT2D eigenvalue weighted by atomic mass is 10.1. The number of rotatable bonds is 3. The number of anilines is 3. The predicted octanol–water partition coefficient (Wildman–Crippen LogP) is 4.47. The van der Waals surface area contributed by atoms with Crippen molar-refractivity contribution in [1.82, 2.24) is 9.97 Å². The van der Waals surface area contributed by atoms with Crippen LogP contribution in [-0.4, -0.2) is 21.9 Å². The fourth-order valence-electron chi connectivity index (χ4n) is 3.19. The van der Waals surface area contributed by atoms with Gasteiger partial charge in [-0.2, -0.15) is 0 Å². The van der Waals surface area contributed by atoms with Gasteiger partial charge in [0.25, 0.3) is 5.91 Å². The van der Waals surface area contributed by atoms with Crippen LogP contribution in [0.5, 0.6) is 0 Å². The van der Waals surface area contributed by atoms with Crippen molar-refractivity contribution in [2.24, 2.45) is 0 Å². The first-order chi connectivity index (χ1) is 12.6. The number of nitrogens with one attached hydrogen (secondary N) is 1. The number of hydrogen-bond acceptors (Lipinski definition) is 4. The topological polar surface area (TPSA) is 58.1 Å². The molecule has 0 aliphatic carbocycles. The number of hydrogen-bond donors (Lipinski definition) is 1. The summed E-state index contributed by atoms with van der Waals surface area (Å²) in [5.41, 5.74) is 3.34. The van der Waals surface area contributed by atoms with E-state index in [0.717, 1.165) is 12.1 Å². The third-order valence-corrected chi connectivity index (χ3v) is 4.65. The van der Waals surface area contributed by atoms with Gasteiger partial charge < -0.3 is 10.2 Å². The van der Waals surface area contributed by atoms with Crippen LogP contribution in [0.2, 0.25) is 5.02 Å². The normalized spacial score (nSPS) is 15.6. The van der Waals surface area contributed by atoms with Crippen molar-refractivity contribution in [2.75, 3.05) is 10.2 Å². The Morgan fingerprint density at radius 1 is 1.15 bits per heavy atom. The molecule has 0 fully saturated rings. The highest BCUT2D eigenvalue weighted by Gasteiger charge is 2.29.